The van der Waals surface area contributed by atoms with Gasteiger partial charge in [0.2, 0.25) is 16.2 Å². The molecule has 0 aliphatic heterocycles. The minimum absolute atomic E-state index is 0.0411. The number of nitrogens with one attached hydrogen (secondary N) is 1. The summed E-state index contributed by atoms with van der Waals surface area (Å²) >= 11 is 2.34. The molecular formula is C44H32F2N6O7S2. The maximum atomic E-state index is 15.8. The SMILES string of the molecule is COc1cc2nccc(Oc3cc4sc(N(NC(=O)Cc5ccccc5)c5nc6cc(F)c(Oc7ccnc8cc(OC)c(OC)cc78)cc6s5)nc4cc3F)c2cc1OC. The number of hydrogen-bond acceptors (Lipinski definition) is 14. The third kappa shape index (κ3) is 7.67. The van der Waals surface area contributed by atoms with Crippen LogP contribution in [0.5, 0.6) is 46.0 Å². The predicted octanol–water partition coefficient (Wildman–Crippen LogP) is 10.3. The summed E-state index contributed by atoms with van der Waals surface area (Å²) in [4.78, 5) is 31.8. The van der Waals surface area contributed by atoms with E-state index < -0.39 is 11.6 Å². The fourth-order valence-corrected chi connectivity index (χ4v) is 8.55. The zero-order valence-corrected chi connectivity index (χ0v) is 34.3. The summed E-state index contributed by atoms with van der Waals surface area (Å²) in [6.07, 6.45) is 3.14. The van der Waals surface area contributed by atoms with Gasteiger partial charge in [-0.3, -0.25) is 20.2 Å². The fraction of sp³-hybridized carbons (Fsp3) is 0.114. The van der Waals surface area contributed by atoms with Gasteiger partial charge in [-0.2, -0.15) is 5.01 Å². The van der Waals surface area contributed by atoms with E-state index in [4.69, 9.17) is 38.4 Å². The quantitative estimate of drug-likeness (QED) is 0.110. The Hall–Kier alpha value is -7.37. The number of pyridine rings is 2. The van der Waals surface area contributed by atoms with Crippen LogP contribution in [-0.2, 0) is 11.2 Å². The van der Waals surface area contributed by atoms with Gasteiger partial charge in [0, 0.05) is 59.6 Å². The van der Waals surface area contributed by atoms with E-state index in [-0.39, 0.29) is 34.1 Å². The Morgan fingerprint density at radius 1 is 0.574 bits per heavy atom. The number of carbonyl (C=O) groups is 1. The molecular weight excluding hydrogens is 827 g/mol. The van der Waals surface area contributed by atoms with Crippen molar-refractivity contribution in [2.75, 3.05) is 33.4 Å². The first-order valence-corrected chi connectivity index (χ1v) is 20.1. The lowest BCUT2D eigenvalue weighted by Gasteiger charge is -2.19. The van der Waals surface area contributed by atoms with Gasteiger partial charge in [-0.25, -0.2) is 18.7 Å². The van der Waals surface area contributed by atoms with Crippen molar-refractivity contribution in [3.8, 4) is 46.0 Å². The van der Waals surface area contributed by atoms with Crippen LogP contribution in [0.2, 0.25) is 0 Å². The summed E-state index contributed by atoms with van der Waals surface area (Å²) < 4.78 is 66.8. The van der Waals surface area contributed by atoms with Crippen molar-refractivity contribution in [3.63, 3.8) is 0 Å². The van der Waals surface area contributed by atoms with Gasteiger partial charge in [0.05, 0.1) is 66.3 Å². The Balaban J connectivity index is 1.07. The number of methoxy groups -OCH3 is 4. The van der Waals surface area contributed by atoms with E-state index in [2.05, 4.69) is 15.4 Å². The maximum absolute atomic E-state index is 15.8. The van der Waals surface area contributed by atoms with Gasteiger partial charge < -0.3 is 28.4 Å². The number of amides is 1. The molecule has 5 aromatic carbocycles. The number of rotatable bonds is 13. The lowest BCUT2D eigenvalue weighted by molar-refractivity contribution is -0.120. The molecule has 17 heteroatoms. The second-order valence-electron chi connectivity index (χ2n) is 13.3. The monoisotopic (exact) mass is 858 g/mol. The molecule has 0 saturated heterocycles. The van der Waals surface area contributed by atoms with Crippen LogP contribution in [0.3, 0.4) is 0 Å². The molecule has 0 aliphatic rings. The minimum Gasteiger partial charge on any atom is -0.493 e. The molecule has 1 N–H and O–H groups in total. The highest BCUT2D eigenvalue weighted by atomic mass is 32.1. The molecule has 0 spiro atoms. The molecule has 0 unspecified atom stereocenters. The van der Waals surface area contributed by atoms with Gasteiger partial charge in [-0.05, 0) is 29.8 Å². The molecule has 4 heterocycles. The zero-order chi connectivity index (χ0) is 42.2. The van der Waals surface area contributed by atoms with Gasteiger partial charge in [-0.15, -0.1) is 0 Å². The van der Waals surface area contributed by atoms with Crippen molar-refractivity contribution < 1.29 is 42.0 Å². The molecule has 0 saturated carbocycles. The number of ether oxygens (including phenoxy) is 6. The Kier molecular flexibility index (Phi) is 10.5. The van der Waals surface area contributed by atoms with E-state index in [1.807, 2.05) is 30.3 Å². The van der Waals surface area contributed by atoms with Crippen LogP contribution in [0, 0.1) is 11.6 Å². The zero-order valence-electron chi connectivity index (χ0n) is 32.7. The van der Waals surface area contributed by atoms with Crippen molar-refractivity contribution in [2.24, 2.45) is 0 Å². The van der Waals surface area contributed by atoms with E-state index in [0.29, 0.717) is 76.7 Å². The van der Waals surface area contributed by atoms with Gasteiger partial charge >= 0.3 is 0 Å². The van der Waals surface area contributed by atoms with Crippen LogP contribution in [-0.4, -0.2) is 54.3 Å². The van der Waals surface area contributed by atoms with Gasteiger partial charge in [0.15, 0.2) is 46.1 Å². The normalized spacial score (nSPS) is 11.2. The summed E-state index contributed by atoms with van der Waals surface area (Å²) in [5.41, 5.74) is 5.42. The minimum atomic E-state index is -0.669. The second-order valence-corrected chi connectivity index (χ2v) is 15.3. The Bertz CT molecular complexity index is 2950. The van der Waals surface area contributed by atoms with Crippen molar-refractivity contribution in [2.45, 2.75) is 6.42 Å². The highest BCUT2D eigenvalue weighted by Gasteiger charge is 2.24. The van der Waals surface area contributed by atoms with E-state index in [0.717, 1.165) is 5.56 Å². The predicted molar refractivity (Wildman–Crippen MR) is 229 cm³/mol. The van der Waals surface area contributed by atoms with Crippen LogP contribution in [0.25, 0.3) is 42.2 Å². The average molecular weight is 859 g/mol. The number of hydrazine groups is 1. The van der Waals surface area contributed by atoms with Crippen molar-refractivity contribution in [1.29, 1.82) is 0 Å². The molecule has 61 heavy (non-hydrogen) atoms. The summed E-state index contributed by atoms with van der Waals surface area (Å²) in [6, 6.07) is 24.9. The third-order valence-electron chi connectivity index (χ3n) is 9.54. The molecule has 0 radical (unpaired) electrons. The van der Waals surface area contributed by atoms with Gasteiger partial charge in [-0.1, -0.05) is 53.0 Å². The number of hydrogen-bond donors (Lipinski definition) is 1. The van der Waals surface area contributed by atoms with Crippen LogP contribution in [0.4, 0.5) is 19.0 Å². The molecule has 0 atom stereocenters. The van der Waals surface area contributed by atoms with Crippen molar-refractivity contribution in [1.82, 2.24) is 25.4 Å². The molecule has 0 bridgehead atoms. The van der Waals surface area contributed by atoms with Gasteiger partial charge in [0.1, 0.15) is 11.5 Å². The molecule has 306 valence electrons. The number of halogens is 2. The lowest BCUT2D eigenvalue weighted by Crippen LogP contribution is -2.39. The highest BCUT2D eigenvalue weighted by Crippen LogP contribution is 2.43. The molecule has 0 aliphatic carbocycles. The van der Waals surface area contributed by atoms with Crippen molar-refractivity contribution in [3.05, 3.63) is 121 Å². The molecule has 0 fully saturated rings. The standard InChI is InChI=1S/C44H32F2N6O7S2/c1-54-36-15-24-28(19-38(36)56-3)47-12-10-32(24)58-34-21-40-30(17-26(34)45)49-43(60-40)52(51-42(53)14-23-8-6-5-7-9-23)44-50-31-18-27(46)35(22-41(31)61-44)59-33-11-13-48-29-20-39(57-4)37(55-2)16-25(29)33/h5-13,15-22H,14H2,1-4H3,(H,51,53). The van der Waals surface area contributed by atoms with Crippen LogP contribution in [0.1, 0.15) is 5.56 Å². The largest absolute Gasteiger partial charge is 0.493 e. The number of nitrogens with zero attached hydrogens (tertiary/aromatic N) is 5. The third-order valence-corrected chi connectivity index (χ3v) is 11.5. The molecule has 9 rings (SSSR count). The number of anilines is 2. The molecule has 1 amide bonds. The Labute approximate surface area is 353 Å². The van der Waals surface area contributed by atoms with Crippen LogP contribution in [0.15, 0.2) is 103 Å². The molecule has 4 aromatic heterocycles. The number of carbonyl (C=O) groups excluding carboxylic acids is 1. The summed E-state index contributed by atoms with van der Waals surface area (Å²) in [6.45, 7) is 0. The number of thiazole rings is 2. The Morgan fingerprint density at radius 3 is 1.49 bits per heavy atom. The maximum Gasteiger partial charge on any atom is 0.243 e. The van der Waals surface area contributed by atoms with E-state index in [9.17, 15) is 4.79 Å². The van der Waals surface area contributed by atoms with Crippen LogP contribution < -0.4 is 38.9 Å². The lowest BCUT2D eigenvalue weighted by atomic mass is 10.1. The van der Waals surface area contributed by atoms with E-state index in [1.165, 1.54) is 80.4 Å². The summed E-state index contributed by atoms with van der Waals surface area (Å²) in [5.74, 6) is 0.721. The van der Waals surface area contributed by atoms with E-state index in [1.54, 1.807) is 48.8 Å². The van der Waals surface area contributed by atoms with Crippen molar-refractivity contribution >= 4 is 81.1 Å². The fourth-order valence-electron chi connectivity index (χ4n) is 6.62. The number of benzene rings is 5. The second kappa shape index (κ2) is 16.4. The first kappa shape index (κ1) is 39.1. The highest BCUT2D eigenvalue weighted by molar-refractivity contribution is 7.24. The summed E-state index contributed by atoms with van der Waals surface area (Å²) in [5, 5.41) is 3.11. The van der Waals surface area contributed by atoms with Gasteiger partial charge in [0.25, 0.3) is 0 Å². The van der Waals surface area contributed by atoms with Crippen LogP contribution >= 0.6 is 22.7 Å². The topological polar surface area (TPSA) is 139 Å². The molecule has 9 aromatic rings. The Morgan fingerprint density at radius 2 is 1.03 bits per heavy atom. The number of aromatic nitrogens is 4. The first-order valence-electron chi connectivity index (χ1n) is 18.4. The molecule has 13 nitrogen and oxygen atoms in total. The first-order chi connectivity index (χ1) is 29.7. The smallest absolute Gasteiger partial charge is 0.243 e. The van der Waals surface area contributed by atoms with E-state index >= 15 is 8.78 Å². The number of fused-ring (bicyclic) bond motifs is 4. The average Bonchev–Trinajstić information content (AvgIpc) is 3.88. The summed E-state index contributed by atoms with van der Waals surface area (Å²) in [7, 11) is 6.09.